The van der Waals surface area contributed by atoms with Crippen LogP contribution >= 0.6 is 35.0 Å². The molecule has 0 aliphatic carbocycles. The Bertz CT molecular complexity index is 944. The van der Waals surface area contributed by atoms with Gasteiger partial charge in [-0.15, -0.1) is 16.8 Å². The number of hydrogen-bond donors (Lipinski definition) is 0. The van der Waals surface area contributed by atoms with Crippen LogP contribution < -0.4 is 0 Å². The van der Waals surface area contributed by atoms with Crippen molar-refractivity contribution in [2.75, 3.05) is 5.75 Å². The molecule has 3 aromatic rings. The van der Waals surface area contributed by atoms with E-state index in [9.17, 15) is 4.79 Å². The summed E-state index contributed by atoms with van der Waals surface area (Å²) in [5, 5.41) is 9.93. The van der Waals surface area contributed by atoms with E-state index in [1.807, 2.05) is 16.7 Å². The first-order chi connectivity index (χ1) is 12.6. The number of pyridine rings is 1. The van der Waals surface area contributed by atoms with Crippen molar-refractivity contribution in [3.63, 3.8) is 0 Å². The van der Waals surface area contributed by atoms with E-state index in [4.69, 9.17) is 23.2 Å². The Kier molecular flexibility index (Phi) is 6.08. The minimum absolute atomic E-state index is 0.102. The van der Waals surface area contributed by atoms with Crippen LogP contribution in [0.4, 0.5) is 0 Å². The number of aromatic nitrogens is 4. The summed E-state index contributed by atoms with van der Waals surface area (Å²) in [5.74, 6) is 0.787. The molecule has 26 heavy (non-hydrogen) atoms. The molecule has 3 rings (SSSR count). The summed E-state index contributed by atoms with van der Waals surface area (Å²) in [5.41, 5.74) is 1.33. The van der Waals surface area contributed by atoms with Gasteiger partial charge in [0.1, 0.15) is 0 Å². The molecule has 0 atom stereocenters. The molecule has 0 amide bonds. The van der Waals surface area contributed by atoms with Crippen LogP contribution in [0.1, 0.15) is 10.4 Å². The summed E-state index contributed by atoms with van der Waals surface area (Å²) in [6.45, 7) is 4.31. The predicted octanol–water partition coefficient (Wildman–Crippen LogP) is 4.81. The summed E-state index contributed by atoms with van der Waals surface area (Å²) in [6, 6.07) is 8.55. The number of thioether (sulfide) groups is 1. The number of ketones is 1. The number of rotatable bonds is 7. The summed E-state index contributed by atoms with van der Waals surface area (Å²) in [6.07, 6.45) is 5.15. The summed E-state index contributed by atoms with van der Waals surface area (Å²) in [4.78, 5) is 16.5. The Labute approximate surface area is 165 Å². The zero-order valence-electron chi connectivity index (χ0n) is 13.6. The van der Waals surface area contributed by atoms with Gasteiger partial charge in [-0.25, -0.2) is 0 Å². The number of allylic oxidation sites excluding steroid dienone is 1. The van der Waals surface area contributed by atoms with Crippen LogP contribution in [0.15, 0.2) is 60.5 Å². The second-order valence-electron chi connectivity index (χ2n) is 5.28. The first-order valence-corrected chi connectivity index (χ1v) is 9.40. The molecule has 5 nitrogen and oxygen atoms in total. The highest BCUT2D eigenvalue weighted by molar-refractivity contribution is 7.99. The number of benzene rings is 1. The van der Waals surface area contributed by atoms with Gasteiger partial charge in [0.15, 0.2) is 16.8 Å². The minimum atomic E-state index is -0.102. The van der Waals surface area contributed by atoms with E-state index >= 15 is 0 Å². The lowest BCUT2D eigenvalue weighted by molar-refractivity contribution is 0.102. The van der Waals surface area contributed by atoms with E-state index in [0.717, 1.165) is 5.56 Å². The molecule has 0 N–H and O–H groups in total. The monoisotopic (exact) mass is 404 g/mol. The normalized spacial score (nSPS) is 10.7. The lowest BCUT2D eigenvalue weighted by Crippen LogP contribution is -2.06. The smallest absolute Gasteiger partial charge is 0.192 e. The van der Waals surface area contributed by atoms with E-state index < -0.39 is 0 Å². The molecule has 8 heteroatoms. The molecule has 0 saturated heterocycles. The van der Waals surface area contributed by atoms with Gasteiger partial charge < -0.3 is 0 Å². The minimum Gasteiger partial charge on any atom is -0.298 e. The highest BCUT2D eigenvalue weighted by Crippen LogP contribution is 2.26. The van der Waals surface area contributed by atoms with E-state index in [1.54, 1.807) is 36.7 Å². The fourth-order valence-corrected chi connectivity index (χ4v) is 3.67. The zero-order valence-corrected chi connectivity index (χ0v) is 15.9. The molecule has 0 bridgehead atoms. The Balaban J connectivity index is 1.80. The molecular weight excluding hydrogens is 391 g/mol. The molecule has 0 aliphatic rings. The van der Waals surface area contributed by atoms with Crippen LogP contribution in [-0.2, 0) is 6.54 Å². The van der Waals surface area contributed by atoms with Crippen LogP contribution in [0.5, 0.6) is 0 Å². The Morgan fingerprint density at radius 2 is 1.96 bits per heavy atom. The third kappa shape index (κ3) is 4.15. The lowest BCUT2D eigenvalue weighted by atomic mass is 10.1. The third-order valence-corrected chi connectivity index (χ3v) is 5.05. The van der Waals surface area contributed by atoms with Crippen molar-refractivity contribution in [2.24, 2.45) is 0 Å². The average Bonchev–Trinajstić information content (AvgIpc) is 3.03. The number of hydrogen-bond acceptors (Lipinski definition) is 5. The highest BCUT2D eigenvalue weighted by atomic mass is 35.5. The first-order valence-electron chi connectivity index (χ1n) is 7.65. The molecule has 0 spiro atoms. The molecule has 0 fully saturated rings. The second kappa shape index (κ2) is 8.49. The van der Waals surface area contributed by atoms with Gasteiger partial charge in [0.2, 0.25) is 0 Å². The van der Waals surface area contributed by atoms with Crippen LogP contribution in [0.2, 0.25) is 10.0 Å². The SMILES string of the molecule is C=CCn1c(SCC(=O)c2ccc(Cl)cc2Cl)nnc1-c1ccncc1. The van der Waals surface area contributed by atoms with E-state index in [0.29, 0.717) is 33.1 Å². The molecule has 0 unspecified atom stereocenters. The van der Waals surface area contributed by atoms with E-state index in [-0.39, 0.29) is 11.5 Å². The number of carbonyl (C=O) groups is 1. The molecule has 0 radical (unpaired) electrons. The van der Waals surface area contributed by atoms with Gasteiger partial charge in [0.05, 0.1) is 10.8 Å². The maximum Gasteiger partial charge on any atom is 0.192 e. The topological polar surface area (TPSA) is 60.7 Å². The third-order valence-electron chi connectivity index (χ3n) is 3.53. The van der Waals surface area contributed by atoms with Gasteiger partial charge in [-0.2, -0.15) is 0 Å². The van der Waals surface area contributed by atoms with Gasteiger partial charge in [0.25, 0.3) is 0 Å². The molecule has 2 aromatic heterocycles. The predicted molar refractivity (Wildman–Crippen MR) is 105 cm³/mol. The Morgan fingerprint density at radius 3 is 2.65 bits per heavy atom. The number of halogens is 2. The summed E-state index contributed by atoms with van der Waals surface area (Å²) in [7, 11) is 0. The van der Waals surface area contributed by atoms with Crippen molar-refractivity contribution in [3.8, 4) is 11.4 Å². The standard InChI is InChI=1S/C18H14Cl2N4OS/c1-2-9-24-17(12-5-7-21-8-6-12)22-23-18(24)26-11-16(25)14-4-3-13(19)10-15(14)20/h2-8,10H,1,9,11H2. The van der Waals surface area contributed by atoms with Gasteiger partial charge in [-0.05, 0) is 30.3 Å². The van der Waals surface area contributed by atoms with Gasteiger partial charge in [0, 0.05) is 35.1 Å². The van der Waals surface area contributed by atoms with E-state index in [2.05, 4.69) is 21.8 Å². The summed E-state index contributed by atoms with van der Waals surface area (Å²) >= 11 is 13.3. The van der Waals surface area contributed by atoms with Crippen LogP contribution in [-0.4, -0.2) is 31.3 Å². The van der Waals surface area contributed by atoms with Crippen molar-refractivity contribution in [1.29, 1.82) is 0 Å². The number of Topliss-reactive ketones (excluding diaryl/α,β-unsaturated/α-hetero) is 1. The van der Waals surface area contributed by atoms with Crippen LogP contribution in [0.25, 0.3) is 11.4 Å². The maximum absolute atomic E-state index is 12.5. The van der Waals surface area contributed by atoms with Crippen LogP contribution in [0.3, 0.4) is 0 Å². The fraction of sp³-hybridized carbons (Fsp3) is 0.111. The van der Waals surface area contributed by atoms with Crippen molar-refractivity contribution in [3.05, 3.63) is 71.0 Å². The second-order valence-corrected chi connectivity index (χ2v) is 7.06. The molecule has 2 heterocycles. The fourth-order valence-electron chi connectivity index (χ4n) is 2.33. The van der Waals surface area contributed by atoms with Gasteiger partial charge in [-0.1, -0.05) is 41.0 Å². The molecule has 1 aromatic carbocycles. The van der Waals surface area contributed by atoms with Crippen molar-refractivity contribution in [1.82, 2.24) is 19.7 Å². The van der Waals surface area contributed by atoms with E-state index in [1.165, 1.54) is 11.8 Å². The first kappa shape index (κ1) is 18.6. The zero-order chi connectivity index (χ0) is 18.5. The number of nitrogens with zero attached hydrogens (tertiary/aromatic N) is 4. The van der Waals surface area contributed by atoms with Crippen LogP contribution in [0, 0.1) is 0 Å². The highest BCUT2D eigenvalue weighted by Gasteiger charge is 2.17. The lowest BCUT2D eigenvalue weighted by Gasteiger charge is -2.08. The largest absolute Gasteiger partial charge is 0.298 e. The number of carbonyl (C=O) groups excluding carboxylic acids is 1. The van der Waals surface area contributed by atoms with Gasteiger partial charge in [-0.3, -0.25) is 14.3 Å². The van der Waals surface area contributed by atoms with Crippen molar-refractivity contribution < 1.29 is 4.79 Å². The Hall–Kier alpha value is -2.15. The van der Waals surface area contributed by atoms with Crippen molar-refractivity contribution in [2.45, 2.75) is 11.7 Å². The molecular formula is C18H14Cl2N4OS. The molecule has 0 saturated carbocycles. The average molecular weight is 405 g/mol. The Morgan fingerprint density at radius 1 is 1.19 bits per heavy atom. The molecule has 0 aliphatic heterocycles. The van der Waals surface area contributed by atoms with Crippen molar-refractivity contribution >= 4 is 40.7 Å². The molecule has 132 valence electrons. The van der Waals surface area contributed by atoms with Gasteiger partial charge >= 0.3 is 0 Å². The summed E-state index contributed by atoms with van der Waals surface area (Å²) < 4.78 is 1.91. The maximum atomic E-state index is 12.5. The quantitative estimate of drug-likeness (QED) is 0.321.